The average Bonchev–Trinajstić information content (AvgIpc) is 3.10. The zero-order valence-corrected chi connectivity index (χ0v) is 18.7. The van der Waals surface area contributed by atoms with Crippen LogP contribution in [0.2, 0.25) is 0 Å². The van der Waals surface area contributed by atoms with Gasteiger partial charge in [-0.05, 0) is 48.2 Å². The van der Waals surface area contributed by atoms with Gasteiger partial charge in [0.1, 0.15) is 5.75 Å². The molecule has 1 fully saturated rings. The Balaban J connectivity index is 1.72. The van der Waals surface area contributed by atoms with Gasteiger partial charge in [-0.1, -0.05) is 31.2 Å². The van der Waals surface area contributed by atoms with Crippen molar-refractivity contribution in [1.82, 2.24) is 4.90 Å². The summed E-state index contributed by atoms with van der Waals surface area (Å²) >= 11 is 0. The van der Waals surface area contributed by atoms with Crippen LogP contribution in [0.5, 0.6) is 5.75 Å². The number of nitrogens with zero attached hydrogens (tertiary/aromatic N) is 2. The number of amides is 1. The van der Waals surface area contributed by atoms with Crippen LogP contribution < -0.4 is 9.64 Å². The van der Waals surface area contributed by atoms with Crippen LogP contribution in [-0.2, 0) is 27.6 Å². The molecule has 1 atom stereocenters. The third kappa shape index (κ3) is 5.75. The molecule has 1 aliphatic heterocycles. The molecule has 6 nitrogen and oxygen atoms in total. The first-order valence-electron chi connectivity index (χ1n) is 10.3. The lowest BCUT2D eigenvalue weighted by molar-refractivity contribution is -0.136. The van der Waals surface area contributed by atoms with E-state index in [0.717, 1.165) is 17.7 Å². The number of sulfone groups is 1. The van der Waals surface area contributed by atoms with E-state index in [0.29, 0.717) is 18.7 Å². The highest BCUT2D eigenvalue weighted by Gasteiger charge is 2.34. The molecule has 2 aromatic rings. The maximum absolute atomic E-state index is 13.0. The first kappa shape index (κ1) is 22.2. The summed E-state index contributed by atoms with van der Waals surface area (Å²) in [7, 11) is 0.841. The molecule has 0 radical (unpaired) electrons. The van der Waals surface area contributed by atoms with E-state index in [9.17, 15) is 13.2 Å². The van der Waals surface area contributed by atoms with Gasteiger partial charge in [-0.15, -0.1) is 0 Å². The van der Waals surface area contributed by atoms with Crippen molar-refractivity contribution in [2.24, 2.45) is 0 Å². The summed E-state index contributed by atoms with van der Waals surface area (Å²) in [6.07, 6.45) is 1.41. The van der Waals surface area contributed by atoms with Crippen LogP contribution in [0, 0.1) is 0 Å². The van der Waals surface area contributed by atoms with Gasteiger partial charge in [-0.3, -0.25) is 4.79 Å². The topological polar surface area (TPSA) is 66.9 Å². The number of carbonyl (C=O) groups is 1. The highest BCUT2D eigenvalue weighted by Crippen LogP contribution is 2.22. The summed E-state index contributed by atoms with van der Waals surface area (Å²) in [6.45, 7) is 2.33. The van der Waals surface area contributed by atoms with Crippen molar-refractivity contribution < 1.29 is 17.9 Å². The maximum atomic E-state index is 13.0. The van der Waals surface area contributed by atoms with Gasteiger partial charge in [0.15, 0.2) is 16.4 Å². The number of ether oxygens (including phenoxy) is 1. The summed E-state index contributed by atoms with van der Waals surface area (Å²) in [5.74, 6) is 0.573. The fraction of sp³-hybridized carbons (Fsp3) is 0.435. The standard InChI is InChI=1S/C23H30N2O4S/c1-4-18-7-11-22(12-8-18)29-16-23(26)25(21-13-14-30(27,28)17-21)15-19-5-9-20(10-6-19)24(2)3/h5-12,21H,4,13-17H2,1-3H3/t21-/m0/s1. The molecule has 1 saturated heterocycles. The molecule has 0 bridgehead atoms. The predicted molar refractivity (Wildman–Crippen MR) is 120 cm³/mol. The maximum Gasteiger partial charge on any atom is 0.261 e. The van der Waals surface area contributed by atoms with Crippen molar-refractivity contribution in [3.05, 3.63) is 59.7 Å². The minimum atomic E-state index is -3.10. The lowest BCUT2D eigenvalue weighted by Crippen LogP contribution is -2.43. The van der Waals surface area contributed by atoms with E-state index < -0.39 is 9.84 Å². The van der Waals surface area contributed by atoms with Crippen LogP contribution in [0.1, 0.15) is 24.5 Å². The van der Waals surface area contributed by atoms with E-state index in [1.165, 1.54) is 5.56 Å². The van der Waals surface area contributed by atoms with Gasteiger partial charge in [0.25, 0.3) is 5.91 Å². The lowest BCUT2D eigenvalue weighted by atomic mass is 10.1. The van der Waals surface area contributed by atoms with E-state index >= 15 is 0 Å². The van der Waals surface area contributed by atoms with Crippen LogP contribution in [0.25, 0.3) is 0 Å². The zero-order valence-electron chi connectivity index (χ0n) is 17.9. The minimum absolute atomic E-state index is 0.0136. The Bertz CT molecular complexity index is 954. The summed E-state index contributed by atoms with van der Waals surface area (Å²) in [5, 5.41) is 0. The molecule has 0 spiro atoms. The normalized spacial score (nSPS) is 17.5. The molecule has 7 heteroatoms. The third-order valence-corrected chi connectivity index (χ3v) is 7.22. The molecule has 1 heterocycles. The van der Waals surface area contributed by atoms with Gasteiger partial charge in [0.05, 0.1) is 11.5 Å². The molecule has 2 aromatic carbocycles. The molecule has 0 saturated carbocycles. The van der Waals surface area contributed by atoms with Gasteiger partial charge in [0, 0.05) is 32.4 Å². The van der Waals surface area contributed by atoms with E-state index in [1.54, 1.807) is 4.90 Å². The number of aryl methyl sites for hydroxylation is 1. The summed E-state index contributed by atoms with van der Waals surface area (Å²) in [4.78, 5) is 16.7. The molecule has 1 aliphatic rings. The summed E-state index contributed by atoms with van der Waals surface area (Å²) in [6, 6.07) is 15.3. The van der Waals surface area contributed by atoms with Crippen molar-refractivity contribution >= 4 is 21.4 Å². The molecule has 30 heavy (non-hydrogen) atoms. The van der Waals surface area contributed by atoms with Gasteiger partial charge < -0.3 is 14.5 Å². The van der Waals surface area contributed by atoms with Crippen LogP contribution in [0.3, 0.4) is 0 Å². The molecule has 0 aromatic heterocycles. The van der Waals surface area contributed by atoms with E-state index in [2.05, 4.69) is 6.92 Å². The van der Waals surface area contributed by atoms with Crippen LogP contribution in [0.15, 0.2) is 48.5 Å². The second-order valence-corrected chi connectivity index (χ2v) is 10.2. The number of benzene rings is 2. The Morgan fingerprint density at radius 2 is 1.67 bits per heavy atom. The largest absolute Gasteiger partial charge is 0.484 e. The monoisotopic (exact) mass is 430 g/mol. The Kier molecular flexibility index (Phi) is 7.02. The van der Waals surface area contributed by atoms with Crippen LogP contribution in [-0.4, -0.2) is 57.5 Å². The number of anilines is 1. The van der Waals surface area contributed by atoms with Crippen molar-refractivity contribution in [2.45, 2.75) is 32.4 Å². The SMILES string of the molecule is CCc1ccc(OCC(=O)N(Cc2ccc(N(C)C)cc2)[C@H]2CCS(=O)(=O)C2)cc1. The Morgan fingerprint density at radius 1 is 1.03 bits per heavy atom. The van der Waals surface area contributed by atoms with Crippen molar-refractivity contribution in [3.63, 3.8) is 0 Å². The second kappa shape index (κ2) is 9.51. The smallest absolute Gasteiger partial charge is 0.261 e. The van der Waals surface area contributed by atoms with Gasteiger partial charge in [0.2, 0.25) is 0 Å². The summed E-state index contributed by atoms with van der Waals surface area (Å²) in [5.41, 5.74) is 3.23. The van der Waals surface area contributed by atoms with Crippen molar-refractivity contribution in [1.29, 1.82) is 0 Å². The minimum Gasteiger partial charge on any atom is -0.484 e. The quantitative estimate of drug-likeness (QED) is 0.644. The lowest BCUT2D eigenvalue weighted by Gasteiger charge is -2.28. The fourth-order valence-electron chi connectivity index (χ4n) is 3.59. The second-order valence-electron chi connectivity index (χ2n) is 7.93. The Morgan fingerprint density at radius 3 is 2.20 bits per heavy atom. The predicted octanol–water partition coefficient (Wildman–Crippen LogP) is 2.91. The molecular weight excluding hydrogens is 400 g/mol. The van der Waals surface area contributed by atoms with E-state index in [1.807, 2.05) is 67.5 Å². The number of hydrogen-bond donors (Lipinski definition) is 0. The van der Waals surface area contributed by atoms with Gasteiger partial charge in [-0.2, -0.15) is 0 Å². The van der Waals surface area contributed by atoms with Crippen LogP contribution in [0.4, 0.5) is 5.69 Å². The summed E-state index contributed by atoms with van der Waals surface area (Å²) < 4.78 is 29.7. The molecule has 1 amide bonds. The van der Waals surface area contributed by atoms with Gasteiger partial charge in [-0.25, -0.2) is 8.42 Å². The highest BCUT2D eigenvalue weighted by molar-refractivity contribution is 7.91. The van der Waals surface area contributed by atoms with Crippen molar-refractivity contribution in [3.8, 4) is 5.75 Å². The Labute approximate surface area is 179 Å². The molecule has 162 valence electrons. The fourth-order valence-corrected chi connectivity index (χ4v) is 5.32. The number of carbonyl (C=O) groups excluding carboxylic acids is 1. The first-order chi connectivity index (χ1) is 14.3. The highest BCUT2D eigenvalue weighted by atomic mass is 32.2. The molecule has 0 unspecified atom stereocenters. The van der Waals surface area contributed by atoms with Gasteiger partial charge >= 0.3 is 0 Å². The van der Waals surface area contributed by atoms with E-state index in [4.69, 9.17) is 4.74 Å². The number of rotatable bonds is 8. The molecule has 0 N–H and O–H groups in total. The van der Waals surface area contributed by atoms with Crippen LogP contribution >= 0.6 is 0 Å². The molecule has 3 rings (SSSR count). The molecule has 0 aliphatic carbocycles. The Hall–Kier alpha value is -2.54. The van der Waals surface area contributed by atoms with E-state index in [-0.39, 0.29) is 30.1 Å². The first-order valence-corrected chi connectivity index (χ1v) is 12.1. The molecular formula is C23H30N2O4S. The average molecular weight is 431 g/mol. The zero-order chi connectivity index (χ0) is 21.7. The number of hydrogen-bond acceptors (Lipinski definition) is 5. The van der Waals surface area contributed by atoms with Crippen molar-refractivity contribution in [2.75, 3.05) is 37.1 Å². The third-order valence-electron chi connectivity index (χ3n) is 5.47.